The molecule has 2 rings (SSSR count). The number of esters is 3. The molecule has 0 spiro atoms. The van der Waals surface area contributed by atoms with Gasteiger partial charge in [-0.25, -0.2) is 4.90 Å². The van der Waals surface area contributed by atoms with Crippen LogP contribution in [0.1, 0.15) is 20.8 Å². The summed E-state index contributed by atoms with van der Waals surface area (Å²) in [6.45, 7) is 3.11. The molecular weight excluding hydrogens is 382 g/mol. The first-order valence-electron chi connectivity index (χ1n) is 7.77. The molecule has 1 saturated heterocycles. The molecular formula is C17H16ClNO8. The van der Waals surface area contributed by atoms with E-state index in [9.17, 15) is 24.0 Å². The Kier molecular flexibility index (Phi) is 6.17. The van der Waals surface area contributed by atoms with Crippen molar-refractivity contribution in [3.8, 4) is 0 Å². The number of carbonyl (C=O) groups is 5. The summed E-state index contributed by atoms with van der Waals surface area (Å²) in [4.78, 5) is 60.8. The molecule has 9 nitrogen and oxygen atoms in total. The van der Waals surface area contributed by atoms with Crippen LogP contribution in [0.2, 0.25) is 5.02 Å². The highest BCUT2D eigenvalue weighted by Crippen LogP contribution is 2.32. The average Bonchev–Trinajstić information content (AvgIpc) is 2.55. The lowest BCUT2D eigenvalue weighted by Gasteiger charge is -2.39. The molecule has 1 fully saturated rings. The Labute approximate surface area is 159 Å². The molecule has 0 aliphatic carbocycles. The number of halogens is 1. The summed E-state index contributed by atoms with van der Waals surface area (Å²) in [5, 5.41) is 0.0632. The molecule has 1 aliphatic heterocycles. The van der Waals surface area contributed by atoms with Crippen molar-refractivity contribution < 1.29 is 38.2 Å². The van der Waals surface area contributed by atoms with Crippen molar-refractivity contribution in [3.05, 3.63) is 29.3 Å². The van der Waals surface area contributed by atoms with E-state index in [2.05, 4.69) is 0 Å². The summed E-state index contributed by atoms with van der Waals surface area (Å²) in [6, 6.07) is 5.94. The number of amides is 2. The van der Waals surface area contributed by atoms with E-state index in [0.717, 1.165) is 20.8 Å². The van der Waals surface area contributed by atoms with Crippen molar-refractivity contribution in [1.82, 2.24) is 0 Å². The van der Waals surface area contributed by atoms with Gasteiger partial charge in [-0.15, -0.1) is 0 Å². The molecule has 27 heavy (non-hydrogen) atoms. The Morgan fingerprint density at radius 1 is 0.852 bits per heavy atom. The summed E-state index contributed by atoms with van der Waals surface area (Å²) < 4.78 is 14.9. The van der Waals surface area contributed by atoms with Crippen molar-refractivity contribution in [2.75, 3.05) is 4.90 Å². The van der Waals surface area contributed by atoms with Gasteiger partial charge in [0.15, 0.2) is 6.10 Å². The normalized spacial score (nSPS) is 20.2. The molecule has 0 bridgehead atoms. The number of anilines is 1. The molecule has 0 radical (unpaired) electrons. The second-order valence-corrected chi connectivity index (χ2v) is 6.00. The fraction of sp³-hybridized carbons (Fsp3) is 0.353. The maximum atomic E-state index is 12.9. The summed E-state index contributed by atoms with van der Waals surface area (Å²) in [5.41, 5.74) is 0.00439. The van der Waals surface area contributed by atoms with Gasteiger partial charge in [0.1, 0.15) is 0 Å². The molecule has 2 amide bonds. The number of hydrogen-bond donors (Lipinski definition) is 0. The average molecular weight is 398 g/mol. The van der Waals surface area contributed by atoms with Gasteiger partial charge in [-0.1, -0.05) is 23.7 Å². The molecule has 0 unspecified atom stereocenters. The maximum absolute atomic E-state index is 12.9. The molecule has 1 heterocycles. The van der Waals surface area contributed by atoms with Gasteiger partial charge >= 0.3 is 17.9 Å². The number of piperidine rings is 1. The van der Waals surface area contributed by atoms with Crippen LogP contribution in [0.3, 0.4) is 0 Å². The topological polar surface area (TPSA) is 116 Å². The van der Waals surface area contributed by atoms with Crippen molar-refractivity contribution in [2.24, 2.45) is 0 Å². The SMILES string of the molecule is CC(=O)OC1[C@H](OC(C)=O)C(=O)N(c2ccccc2Cl)C(=O)[C@H]1OC(C)=O. The number of para-hydroxylation sites is 1. The van der Waals surface area contributed by atoms with E-state index in [1.54, 1.807) is 6.07 Å². The van der Waals surface area contributed by atoms with Gasteiger partial charge in [0.05, 0.1) is 10.7 Å². The molecule has 0 saturated carbocycles. The minimum Gasteiger partial charge on any atom is -0.453 e. The molecule has 144 valence electrons. The summed E-state index contributed by atoms with van der Waals surface area (Å²) in [6.07, 6.45) is -5.04. The van der Waals surface area contributed by atoms with E-state index in [-0.39, 0.29) is 10.7 Å². The van der Waals surface area contributed by atoms with Crippen LogP contribution in [0.15, 0.2) is 24.3 Å². The predicted octanol–water partition coefficient (Wildman–Crippen LogP) is 1.01. The van der Waals surface area contributed by atoms with Crippen LogP contribution < -0.4 is 4.90 Å². The monoisotopic (exact) mass is 397 g/mol. The number of imide groups is 1. The van der Waals surface area contributed by atoms with Crippen molar-refractivity contribution in [1.29, 1.82) is 0 Å². The molecule has 10 heteroatoms. The molecule has 1 aliphatic rings. The van der Waals surface area contributed by atoms with Gasteiger partial charge in [-0.2, -0.15) is 0 Å². The van der Waals surface area contributed by atoms with Crippen LogP contribution in [0.5, 0.6) is 0 Å². The smallest absolute Gasteiger partial charge is 0.303 e. The molecule has 1 aromatic carbocycles. The molecule has 0 aromatic heterocycles. The first kappa shape index (κ1) is 20.4. The minimum absolute atomic E-state index is 0.00439. The standard InChI is InChI=1S/C17H16ClNO8/c1-8(20)25-13-14(26-9(2)21)16(23)19(12-7-5-4-6-11(12)18)17(24)15(13)27-10(3)22/h4-7,13-15H,1-3H3/t14-,15-/m0/s1. The zero-order chi connectivity index (χ0) is 20.3. The van der Waals surface area contributed by atoms with E-state index in [1.165, 1.54) is 18.2 Å². The zero-order valence-corrected chi connectivity index (χ0v) is 15.4. The lowest BCUT2D eigenvalue weighted by Crippen LogP contribution is -2.65. The highest BCUT2D eigenvalue weighted by atomic mass is 35.5. The van der Waals surface area contributed by atoms with Crippen LogP contribution in [0.25, 0.3) is 0 Å². The number of rotatable bonds is 4. The number of benzene rings is 1. The maximum Gasteiger partial charge on any atom is 0.303 e. The zero-order valence-electron chi connectivity index (χ0n) is 14.6. The first-order chi connectivity index (χ1) is 12.6. The lowest BCUT2D eigenvalue weighted by molar-refractivity contribution is -0.191. The fourth-order valence-electron chi connectivity index (χ4n) is 2.58. The number of ether oxygens (including phenoxy) is 3. The number of nitrogens with zero attached hydrogens (tertiary/aromatic N) is 1. The summed E-state index contributed by atoms with van der Waals surface area (Å²) in [7, 11) is 0. The Bertz CT molecular complexity index is 772. The first-order valence-corrected chi connectivity index (χ1v) is 8.15. The Morgan fingerprint density at radius 2 is 1.30 bits per heavy atom. The Balaban J connectivity index is 2.58. The molecule has 0 N–H and O–H groups in total. The van der Waals surface area contributed by atoms with Gasteiger partial charge in [0.2, 0.25) is 12.2 Å². The summed E-state index contributed by atoms with van der Waals surface area (Å²) >= 11 is 6.07. The van der Waals surface area contributed by atoms with E-state index in [0.29, 0.717) is 4.90 Å². The van der Waals surface area contributed by atoms with Crippen LogP contribution in [-0.2, 0) is 38.2 Å². The van der Waals surface area contributed by atoms with Gasteiger partial charge in [0, 0.05) is 20.8 Å². The van der Waals surface area contributed by atoms with E-state index < -0.39 is 48.0 Å². The van der Waals surface area contributed by atoms with Gasteiger partial charge in [0.25, 0.3) is 11.8 Å². The quantitative estimate of drug-likeness (QED) is 0.420. The van der Waals surface area contributed by atoms with Gasteiger partial charge in [-0.3, -0.25) is 24.0 Å². The van der Waals surface area contributed by atoms with Crippen LogP contribution in [0, 0.1) is 0 Å². The summed E-state index contributed by atoms with van der Waals surface area (Å²) in [5.74, 6) is -4.56. The number of carbonyl (C=O) groups excluding carboxylic acids is 5. The molecule has 2 atom stereocenters. The van der Waals surface area contributed by atoms with Crippen LogP contribution in [-0.4, -0.2) is 48.0 Å². The second-order valence-electron chi connectivity index (χ2n) is 5.60. The van der Waals surface area contributed by atoms with Crippen molar-refractivity contribution in [2.45, 2.75) is 39.1 Å². The van der Waals surface area contributed by atoms with Crippen LogP contribution in [0.4, 0.5) is 5.69 Å². The Hall–Kier alpha value is -2.94. The number of hydrogen-bond acceptors (Lipinski definition) is 8. The Morgan fingerprint density at radius 3 is 1.70 bits per heavy atom. The van der Waals surface area contributed by atoms with E-state index in [1.807, 2.05) is 0 Å². The molecule has 1 aromatic rings. The third kappa shape index (κ3) is 4.43. The van der Waals surface area contributed by atoms with Crippen LogP contribution >= 0.6 is 11.6 Å². The van der Waals surface area contributed by atoms with Crippen molar-refractivity contribution >= 4 is 47.0 Å². The largest absolute Gasteiger partial charge is 0.453 e. The predicted molar refractivity (Wildman–Crippen MR) is 90.6 cm³/mol. The second kappa shape index (κ2) is 8.17. The van der Waals surface area contributed by atoms with E-state index >= 15 is 0 Å². The third-order valence-electron chi connectivity index (χ3n) is 3.51. The lowest BCUT2D eigenvalue weighted by atomic mass is 9.98. The van der Waals surface area contributed by atoms with Gasteiger partial charge in [-0.05, 0) is 12.1 Å². The highest BCUT2D eigenvalue weighted by molar-refractivity contribution is 6.35. The fourth-order valence-corrected chi connectivity index (χ4v) is 2.80. The van der Waals surface area contributed by atoms with Crippen molar-refractivity contribution in [3.63, 3.8) is 0 Å². The highest BCUT2D eigenvalue weighted by Gasteiger charge is 2.55. The third-order valence-corrected chi connectivity index (χ3v) is 3.83. The minimum atomic E-state index is -1.70. The van der Waals surface area contributed by atoms with Gasteiger partial charge < -0.3 is 14.2 Å². The van der Waals surface area contributed by atoms with E-state index in [4.69, 9.17) is 25.8 Å².